The number of urea groups is 1. The van der Waals surface area contributed by atoms with E-state index in [-0.39, 0.29) is 30.5 Å². The molecule has 0 bridgehead atoms. The van der Waals surface area contributed by atoms with Crippen molar-refractivity contribution in [3.8, 4) is 5.75 Å². The lowest BCUT2D eigenvalue weighted by Gasteiger charge is -2.14. The number of hydrogen-bond donors (Lipinski definition) is 4. The van der Waals surface area contributed by atoms with Crippen LogP contribution in [0, 0.1) is 5.82 Å². The molecule has 3 rings (SSSR count). The second kappa shape index (κ2) is 7.91. The summed E-state index contributed by atoms with van der Waals surface area (Å²) in [5.41, 5.74) is 7.61. The zero-order chi connectivity index (χ0) is 17.6. The van der Waals surface area contributed by atoms with Gasteiger partial charge in [0.25, 0.3) is 0 Å². The van der Waals surface area contributed by atoms with Crippen LogP contribution in [0.4, 0.5) is 9.18 Å². The van der Waals surface area contributed by atoms with Crippen LogP contribution in [0.5, 0.6) is 5.75 Å². The lowest BCUT2D eigenvalue weighted by molar-refractivity contribution is 0.234. The smallest absolute Gasteiger partial charge is 0.316 e. The van der Waals surface area contributed by atoms with Gasteiger partial charge in [0.15, 0.2) is 11.6 Å². The van der Waals surface area contributed by atoms with Crippen molar-refractivity contribution in [2.24, 2.45) is 0 Å². The number of rotatable bonds is 5. The highest BCUT2D eigenvalue weighted by molar-refractivity contribution is 5.74. The molecule has 1 fully saturated rings. The Morgan fingerprint density at radius 2 is 2.12 bits per heavy atom. The molecule has 1 aliphatic rings. The Kier molecular flexibility index (Phi) is 5.42. The molecule has 2 aromatic rings. The van der Waals surface area contributed by atoms with Gasteiger partial charge in [0, 0.05) is 37.0 Å². The van der Waals surface area contributed by atoms with Gasteiger partial charge in [0.05, 0.1) is 13.3 Å². The molecule has 132 valence electrons. The van der Waals surface area contributed by atoms with E-state index >= 15 is 0 Å². The fourth-order valence-electron chi connectivity index (χ4n) is 2.70. The number of nitrogens with one attached hydrogen (secondary N) is 4. The van der Waals surface area contributed by atoms with Crippen LogP contribution >= 0.6 is 0 Å². The maximum absolute atomic E-state index is 14.0. The predicted molar refractivity (Wildman–Crippen MR) is 90.0 cm³/mol. The van der Waals surface area contributed by atoms with E-state index in [9.17, 15) is 9.18 Å². The molecular weight excluding hydrogens is 325 g/mol. The van der Waals surface area contributed by atoms with Crippen molar-refractivity contribution in [3.05, 3.63) is 59.7 Å². The van der Waals surface area contributed by atoms with Crippen LogP contribution in [-0.4, -0.2) is 24.3 Å². The van der Waals surface area contributed by atoms with Gasteiger partial charge in [0.2, 0.25) is 0 Å². The lowest BCUT2D eigenvalue weighted by Crippen LogP contribution is -2.48. The molecular formula is C17H20FN5O2. The molecule has 4 N–H and O–H groups in total. The number of amides is 2. The number of hydrazine groups is 1. The van der Waals surface area contributed by atoms with Gasteiger partial charge >= 0.3 is 6.03 Å². The molecule has 2 unspecified atom stereocenters. The van der Waals surface area contributed by atoms with Crippen LogP contribution in [0.15, 0.2) is 42.7 Å². The molecule has 0 aliphatic carbocycles. The minimum absolute atomic E-state index is 0.0722. The van der Waals surface area contributed by atoms with E-state index < -0.39 is 5.82 Å². The Labute approximate surface area is 145 Å². The summed E-state index contributed by atoms with van der Waals surface area (Å²) in [6, 6.07) is 8.37. The van der Waals surface area contributed by atoms with E-state index in [1.54, 1.807) is 24.5 Å². The summed E-state index contributed by atoms with van der Waals surface area (Å²) in [4.78, 5) is 16.0. The summed E-state index contributed by atoms with van der Waals surface area (Å²) in [5.74, 6) is -0.315. The van der Waals surface area contributed by atoms with Crippen molar-refractivity contribution in [3.63, 3.8) is 0 Å². The number of carbonyl (C=O) groups excluding carboxylic acids is 1. The molecule has 25 heavy (non-hydrogen) atoms. The van der Waals surface area contributed by atoms with Gasteiger partial charge in [-0.3, -0.25) is 4.98 Å². The number of hydrogen-bond acceptors (Lipinski definition) is 5. The SMILES string of the molecule is COc1cccc(CNC(=O)NC2CC(c3ccncc3)NN2)c1F. The molecule has 2 heterocycles. The van der Waals surface area contributed by atoms with E-state index in [1.807, 2.05) is 12.1 Å². The minimum Gasteiger partial charge on any atom is -0.494 e. The standard InChI is InChI=1S/C17H20FN5O2/c1-25-14-4-2-3-12(16(14)18)10-20-17(24)21-15-9-13(22-23-15)11-5-7-19-8-6-11/h2-8,13,15,22-23H,9-10H2,1H3,(H2,20,21,24). The van der Waals surface area contributed by atoms with Gasteiger partial charge in [-0.05, 0) is 23.8 Å². The van der Waals surface area contributed by atoms with E-state index in [4.69, 9.17) is 4.74 Å². The highest BCUT2D eigenvalue weighted by atomic mass is 19.1. The van der Waals surface area contributed by atoms with Crippen molar-refractivity contribution in [2.45, 2.75) is 25.2 Å². The monoisotopic (exact) mass is 345 g/mol. The highest BCUT2D eigenvalue weighted by Crippen LogP contribution is 2.21. The van der Waals surface area contributed by atoms with Gasteiger partial charge in [0.1, 0.15) is 0 Å². The topological polar surface area (TPSA) is 87.3 Å². The molecule has 1 aromatic heterocycles. The van der Waals surface area contributed by atoms with E-state index in [0.717, 1.165) is 5.56 Å². The Balaban J connectivity index is 1.49. The van der Waals surface area contributed by atoms with Crippen LogP contribution in [0.2, 0.25) is 0 Å². The molecule has 1 aliphatic heterocycles. The van der Waals surface area contributed by atoms with Crippen molar-refractivity contribution in [1.29, 1.82) is 0 Å². The normalized spacial score (nSPS) is 19.4. The number of carbonyl (C=O) groups is 1. The van der Waals surface area contributed by atoms with Crippen molar-refractivity contribution >= 4 is 6.03 Å². The average Bonchev–Trinajstić information content (AvgIpc) is 3.10. The lowest BCUT2D eigenvalue weighted by atomic mass is 10.1. The van der Waals surface area contributed by atoms with Gasteiger partial charge in [-0.25, -0.2) is 20.0 Å². The van der Waals surface area contributed by atoms with Crippen LogP contribution < -0.4 is 26.2 Å². The molecule has 1 aromatic carbocycles. The molecule has 0 spiro atoms. The summed E-state index contributed by atoms with van der Waals surface area (Å²) in [7, 11) is 1.40. The first-order valence-corrected chi connectivity index (χ1v) is 7.94. The number of nitrogens with zero attached hydrogens (tertiary/aromatic N) is 1. The Morgan fingerprint density at radius 1 is 1.32 bits per heavy atom. The van der Waals surface area contributed by atoms with Crippen LogP contribution in [0.1, 0.15) is 23.6 Å². The Bertz CT molecular complexity index is 728. The minimum atomic E-state index is -0.469. The Morgan fingerprint density at radius 3 is 2.88 bits per heavy atom. The second-order valence-corrected chi connectivity index (χ2v) is 5.67. The van der Waals surface area contributed by atoms with E-state index in [1.165, 1.54) is 13.2 Å². The van der Waals surface area contributed by atoms with Gasteiger partial charge < -0.3 is 15.4 Å². The third-order valence-corrected chi connectivity index (χ3v) is 4.02. The van der Waals surface area contributed by atoms with Crippen LogP contribution in [0.3, 0.4) is 0 Å². The van der Waals surface area contributed by atoms with E-state index in [2.05, 4.69) is 26.5 Å². The zero-order valence-electron chi connectivity index (χ0n) is 13.8. The molecule has 0 radical (unpaired) electrons. The predicted octanol–water partition coefficient (Wildman–Crippen LogP) is 1.59. The zero-order valence-corrected chi connectivity index (χ0v) is 13.8. The highest BCUT2D eigenvalue weighted by Gasteiger charge is 2.26. The molecule has 0 saturated carbocycles. The molecule has 8 heteroatoms. The maximum atomic E-state index is 14.0. The molecule has 7 nitrogen and oxygen atoms in total. The first-order valence-electron chi connectivity index (χ1n) is 7.94. The third-order valence-electron chi connectivity index (χ3n) is 4.02. The van der Waals surface area contributed by atoms with Crippen LogP contribution in [0.25, 0.3) is 0 Å². The molecule has 1 saturated heterocycles. The van der Waals surface area contributed by atoms with Crippen molar-refractivity contribution in [2.75, 3.05) is 7.11 Å². The largest absolute Gasteiger partial charge is 0.494 e. The summed E-state index contributed by atoms with van der Waals surface area (Å²) < 4.78 is 19.0. The summed E-state index contributed by atoms with van der Waals surface area (Å²) in [6.07, 6.45) is 3.92. The molecule has 2 amide bonds. The summed E-state index contributed by atoms with van der Waals surface area (Å²) >= 11 is 0. The first-order chi connectivity index (χ1) is 12.2. The summed E-state index contributed by atoms with van der Waals surface area (Å²) in [5, 5.41) is 5.45. The fourth-order valence-corrected chi connectivity index (χ4v) is 2.70. The maximum Gasteiger partial charge on any atom is 0.316 e. The van der Waals surface area contributed by atoms with Crippen molar-refractivity contribution in [1.82, 2.24) is 26.5 Å². The van der Waals surface area contributed by atoms with Crippen LogP contribution in [-0.2, 0) is 6.54 Å². The van der Waals surface area contributed by atoms with Gasteiger partial charge in [-0.2, -0.15) is 0 Å². The molecule has 2 atom stereocenters. The fraction of sp³-hybridized carbons (Fsp3) is 0.294. The number of benzene rings is 1. The van der Waals surface area contributed by atoms with E-state index in [0.29, 0.717) is 12.0 Å². The second-order valence-electron chi connectivity index (χ2n) is 5.67. The number of aromatic nitrogens is 1. The first kappa shape index (κ1) is 17.1. The number of ether oxygens (including phenoxy) is 1. The average molecular weight is 345 g/mol. The number of halogens is 1. The Hall–Kier alpha value is -2.71. The van der Waals surface area contributed by atoms with Gasteiger partial charge in [-0.15, -0.1) is 0 Å². The number of pyridine rings is 1. The quantitative estimate of drug-likeness (QED) is 0.661. The van der Waals surface area contributed by atoms with Gasteiger partial charge in [-0.1, -0.05) is 12.1 Å². The summed E-state index contributed by atoms with van der Waals surface area (Å²) in [6.45, 7) is 0.0722. The number of methoxy groups -OCH3 is 1. The van der Waals surface area contributed by atoms with Crippen molar-refractivity contribution < 1.29 is 13.9 Å². The third kappa shape index (κ3) is 4.23.